The van der Waals surface area contributed by atoms with E-state index in [1.54, 1.807) is 12.1 Å². The number of pyridine rings is 1. The van der Waals surface area contributed by atoms with Gasteiger partial charge in [0.05, 0.1) is 18.7 Å². The first-order valence-electron chi connectivity index (χ1n) is 8.10. The fraction of sp³-hybridized carbons (Fsp3) is 0.412. The van der Waals surface area contributed by atoms with Gasteiger partial charge < -0.3 is 14.9 Å². The Bertz CT molecular complexity index is 900. The summed E-state index contributed by atoms with van der Waals surface area (Å²) >= 11 is 0. The molecule has 1 fully saturated rings. The van der Waals surface area contributed by atoms with E-state index in [1.807, 2.05) is 6.92 Å². The molecule has 0 aromatic carbocycles. The first-order valence-corrected chi connectivity index (χ1v) is 8.10. The number of rotatable bonds is 5. The van der Waals surface area contributed by atoms with E-state index < -0.39 is 36.7 Å². The van der Waals surface area contributed by atoms with Crippen LogP contribution < -0.4 is 5.69 Å². The van der Waals surface area contributed by atoms with Gasteiger partial charge in [-0.25, -0.2) is 4.79 Å². The molecule has 0 bridgehead atoms. The molecule has 10 heteroatoms. The fourth-order valence-electron chi connectivity index (χ4n) is 2.73. The zero-order valence-electron chi connectivity index (χ0n) is 14.2. The van der Waals surface area contributed by atoms with Crippen molar-refractivity contribution >= 4 is 5.78 Å². The number of aryl methyl sites for hydroxylation is 1. The molecule has 0 amide bonds. The van der Waals surface area contributed by atoms with Gasteiger partial charge in [0.1, 0.15) is 11.8 Å². The lowest BCUT2D eigenvalue weighted by atomic mass is 10.1. The normalized spacial score (nSPS) is 24.1. The van der Waals surface area contributed by atoms with Crippen molar-refractivity contribution < 1.29 is 28.5 Å². The van der Waals surface area contributed by atoms with Crippen LogP contribution in [-0.4, -0.2) is 55.3 Å². The average Bonchev–Trinajstić information content (AvgIpc) is 2.85. The zero-order chi connectivity index (χ0) is 19.8. The Kier molecular flexibility index (Phi) is 5.13. The molecule has 144 valence electrons. The molecule has 2 aromatic rings. The molecule has 2 aromatic heterocycles. The lowest BCUT2D eigenvalue weighted by Gasteiger charge is -2.21. The van der Waals surface area contributed by atoms with E-state index in [-0.39, 0.29) is 23.6 Å². The maximum absolute atomic E-state index is 14.1. The summed E-state index contributed by atoms with van der Waals surface area (Å²) in [6, 6.07) is 4.50. The number of aromatic nitrogens is 3. The maximum atomic E-state index is 14.1. The Morgan fingerprint density at radius 3 is 2.67 bits per heavy atom. The van der Waals surface area contributed by atoms with E-state index in [9.17, 15) is 23.5 Å². The van der Waals surface area contributed by atoms with Gasteiger partial charge >= 0.3 is 11.6 Å². The first kappa shape index (κ1) is 19.2. The SMILES string of the molecule is Cc1ccc(C(=O)Cc2ccn([C@@H]3O[C@H](CO)[C@@H](O)C3(F)F)c(=O)n2)nc1. The fourth-order valence-corrected chi connectivity index (χ4v) is 2.73. The van der Waals surface area contributed by atoms with Crippen LogP contribution in [0.4, 0.5) is 8.78 Å². The summed E-state index contributed by atoms with van der Waals surface area (Å²) in [7, 11) is 0. The smallest absolute Gasteiger partial charge is 0.350 e. The number of carbonyl (C=O) groups is 1. The number of hydrogen-bond acceptors (Lipinski definition) is 7. The highest BCUT2D eigenvalue weighted by atomic mass is 19.3. The minimum atomic E-state index is -3.79. The second kappa shape index (κ2) is 7.22. The molecule has 3 heterocycles. The summed E-state index contributed by atoms with van der Waals surface area (Å²) in [5.74, 6) is -4.17. The Morgan fingerprint density at radius 2 is 2.11 bits per heavy atom. The van der Waals surface area contributed by atoms with Gasteiger partial charge in [0.25, 0.3) is 0 Å². The third-order valence-corrected chi connectivity index (χ3v) is 4.24. The zero-order valence-corrected chi connectivity index (χ0v) is 14.2. The molecule has 0 saturated carbocycles. The number of ether oxygens (including phenoxy) is 1. The number of nitrogens with zero attached hydrogens (tertiary/aromatic N) is 3. The van der Waals surface area contributed by atoms with Crippen molar-refractivity contribution in [1.29, 1.82) is 0 Å². The van der Waals surface area contributed by atoms with E-state index in [4.69, 9.17) is 9.84 Å². The highest BCUT2D eigenvalue weighted by Gasteiger charge is 2.59. The van der Waals surface area contributed by atoms with Gasteiger partial charge in [-0.3, -0.25) is 14.3 Å². The largest absolute Gasteiger partial charge is 0.394 e. The van der Waals surface area contributed by atoms with Crippen molar-refractivity contribution in [3.05, 3.63) is 58.0 Å². The number of Topliss-reactive ketones (excluding diaryl/α,β-unsaturated/α-hetero) is 1. The van der Waals surface area contributed by atoms with Crippen LogP contribution in [0.1, 0.15) is 28.0 Å². The van der Waals surface area contributed by atoms with Gasteiger partial charge in [0.15, 0.2) is 11.9 Å². The Balaban J connectivity index is 1.81. The molecule has 0 aliphatic carbocycles. The second-order valence-electron chi connectivity index (χ2n) is 6.26. The van der Waals surface area contributed by atoms with Gasteiger partial charge in [-0.05, 0) is 24.6 Å². The van der Waals surface area contributed by atoms with Gasteiger partial charge in [0, 0.05) is 12.4 Å². The molecule has 1 aliphatic heterocycles. The van der Waals surface area contributed by atoms with Crippen LogP contribution in [0.2, 0.25) is 0 Å². The summed E-state index contributed by atoms with van der Waals surface area (Å²) in [6.45, 7) is 0.993. The molecule has 2 N–H and O–H groups in total. The van der Waals surface area contributed by atoms with Crippen molar-refractivity contribution in [3.8, 4) is 0 Å². The average molecular weight is 381 g/mol. The van der Waals surface area contributed by atoms with Crippen molar-refractivity contribution in [2.75, 3.05) is 6.61 Å². The highest BCUT2D eigenvalue weighted by Crippen LogP contribution is 2.41. The van der Waals surface area contributed by atoms with Crippen LogP contribution in [0.15, 0.2) is 35.4 Å². The third kappa shape index (κ3) is 3.64. The molecule has 8 nitrogen and oxygen atoms in total. The third-order valence-electron chi connectivity index (χ3n) is 4.24. The number of hydrogen-bond donors (Lipinski definition) is 2. The lowest BCUT2D eigenvalue weighted by molar-refractivity contribution is -0.141. The molecular weight excluding hydrogens is 364 g/mol. The molecule has 1 saturated heterocycles. The quantitative estimate of drug-likeness (QED) is 0.714. The summed E-state index contributed by atoms with van der Waals surface area (Å²) < 4.78 is 33.7. The highest BCUT2D eigenvalue weighted by molar-refractivity contribution is 5.95. The Labute approximate surface area is 152 Å². The van der Waals surface area contributed by atoms with Crippen molar-refractivity contribution in [3.63, 3.8) is 0 Å². The topological polar surface area (TPSA) is 115 Å². The summed E-state index contributed by atoms with van der Waals surface area (Å²) in [5.41, 5.74) is 0.108. The number of ketones is 1. The molecule has 0 radical (unpaired) electrons. The number of aliphatic hydroxyl groups is 2. The minimum absolute atomic E-state index is 0.0872. The summed E-state index contributed by atoms with van der Waals surface area (Å²) in [6.07, 6.45) is -3.56. The minimum Gasteiger partial charge on any atom is -0.394 e. The number of halogens is 2. The van der Waals surface area contributed by atoms with E-state index in [2.05, 4.69) is 9.97 Å². The first-order chi connectivity index (χ1) is 12.7. The monoisotopic (exact) mass is 381 g/mol. The predicted molar refractivity (Wildman–Crippen MR) is 87.5 cm³/mol. The van der Waals surface area contributed by atoms with E-state index >= 15 is 0 Å². The van der Waals surface area contributed by atoms with Crippen LogP contribution in [0, 0.1) is 6.92 Å². The van der Waals surface area contributed by atoms with Crippen LogP contribution in [0.25, 0.3) is 0 Å². The summed E-state index contributed by atoms with van der Waals surface area (Å²) in [5, 5.41) is 18.5. The lowest BCUT2D eigenvalue weighted by Crippen LogP contribution is -2.41. The molecule has 0 unspecified atom stereocenters. The molecule has 3 rings (SSSR count). The van der Waals surface area contributed by atoms with Gasteiger partial charge in [0.2, 0.25) is 6.23 Å². The van der Waals surface area contributed by atoms with Gasteiger partial charge in [-0.2, -0.15) is 13.8 Å². The molecule has 3 atom stereocenters. The van der Waals surface area contributed by atoms with Gasteiger partial charge in [-0.1, -0.05) is 6.07 Å². The maximum Gasteiger partial charge on any atom is 0.350 e. The van der Waals surface area contributed by atoms with Crippen LogP contribution in [-0.2, 0) is 11.2 Å². The van der Waals surface area contributed by atoms with E-state index in [1.165, 1.54) is 12.3 Å². The molecular formula is C17H17F2N3O5. The van der Waals surface area contributed by atoms with Gasteiger partial charge in [-0.15, -0.1) is 0 Å². The number of carbonyl (C=O) groups excluding carboxylic acids is 1. The predicted octanol–water partition coefficient (Wildman–Crippen LogP) is 0.258. The van der Waals surface area contributed by atoms with Crippen molar-refractivity contribution in [1.82, 2.24) is 14.5 Å². The molecule has 27 heavy (non-hydrogen) atoms. The van der Waals surface area contributed by atoms with Crippen molar-refractivity contribution in [2.24, 2.45) is 0 Å². The Morgan fingerprint density at radius 1 is 1.37 bits per heavy atom. The number of aliphatic hydroxyl groups excluding tert-OH is 2. The Hall–Kier alpha value is -2.56. The van der Waals surface area contributed by atoms with Crippen LogP contribution in [0.3, 0.4) is 0 Å². The van der Waals surface area contributed by atoms with E-state index in [0.717, 1.165) is 11.8 Å². The molecule has 1 aliphatic rings. The van der Waals surface area contributed by atoms with Crippen molar-refractivity contribution in [2.45, 2.75) is 37.7 Å². The standard InChI is InChI=1S/C17H17F2N3O5/c1-9-2-3-11(20-7-9)12(24)6-10-4-5-22(16(26)21-10)15-17(18,19)14(25)13(8-23)27-15/h2-5,7,13-15,23,25H,6,8H2,1H3/t13-,14-,15-/m1/s1. The van der Waals surface area contributed by atoms with Crippen LogP contribution in [0.5, 0.6) is 0 Å². The second-order valence-corrected chi connectivity index (χ2v) is 6.26. The van der Waals surface area contributed by atoms with E-state index in [0.29, 0.717) is 4.57 Å². The summed E-state index contributed by atoms with van der Waals surface area (Å²) in [4.78, 5) is 32.0. The number of alkyl halides is 2. The molecule has 0 spiro atoms. The van der Waals surface area contributed by atoms with Crippen LogP contribution >= 0.6 is 0 Å².